The van der Waals surface area contributed by atoms with Crippen LogP contribution < -0.4 is 14.4 Å². The van der Waals surface area contributed by atoms with Crippen LogP contribution in [0.3, 0.4) is 0 Å². The largest absolute Gasteiger partial charge is 0.493 e. The maximum Gasteiger partial charge on any atom is 0.355 e. The van der Waals surface area contributed by atoms with Crippen molar-refractivity contribution in [3.8, 4) is 22.6 Å². The predicted octanol–water partition coefficient (Wildman–Crippen LogP) is 7.78. The first kappa shape index (κ1) is 44.1. The number of hydrogen-bond donors (Lipinski definition) is 0. The Morgan fingerprint density at radius 2 is 1.60 bits per heavy atom. The molecule has 4 aromatic carbocycles. The number of aryl methyl sites for hydroxylation is 2. The minimum absolute atomic E-state index is 0.159. The third-order valence-corrected chi connectivity index (χ3v) is 13.1. The van der Waals surface area contributed by atoms with E-state index in [1.54, 1.807) is 26.2 Å². The van der Waals surface area contributed by atoms with Gasteiger partial charge in [-0.2, -0.15) is 22.1 Å². The number of rotatable bonds is 20. The molecule has 0 N–H and O–H groups in total. The zero-order valence-corrected chi connectivity index (χ0v) is 36.9. The topological polar surface area (TPSA) is 121 Å². The molecule has 1 aliphatic rings. The van der Waals surface area contributed by atoms with Crippen molar-refractivity contribution < 1.29 is 32.2 Å². The zero-order chi connectivity index (χ0) is 43.8. The molecule has 0 bridgehead atoms. The van der Waals surface area contributed by atoms with Crippen LogP contribution in [-0.2, 0) is 52.9 Å². The highest BCUT2D eigenvalue weighted by atomic mass is 32.2. The van der Waals surface area contributed by atoms with E-state index in [9.17, 15) is 13.2 Å². The molecule has 62 heavy (non-hydrogen) atoms. The van der Waals surface area contributed by atoms with Crippen molar-refractivity contribution in [2.75, 3.05) is 65.0 Å². The molecule has 2 aromatic heterocycles. The minimum Gasteiger partial charge on any atom is -0.493 e. The van der Waals surface area contributed by atoms with Gasteiger partial charge in [0.2, 0.25) is 0 Å². The summed E-state index contributed by atoms with van der Waals surface area (Å²) in [5, 5.41) is 8.09. The highest BCUT2D eigenvalue weighted by Gasteiger charge is 2.30. The highest BCUT2D eigenvalue weighted by molar-refractivity contribution is 7.86. The summed E-state index contributed by atoms with van der Waals surface area (Å²) in [5.41, 5.74) is 6.51. The smallest absolute Gasteiger partial charge is 0.355 e. The maximum atomic E-state index is 13.9. The van der Waals surface area contributed by atoms with Crippen LogP contribution in [0.4, 0.5) is 5.69 Å². The van der Waals surface area contributed by atoms with E-state index in [1.807, 2.05) is 77.8 Å². The Hall–Kier alpha value is -5.93. The van der Waals surface area contributed by atoms with E-state index in [4.69, 9.17) is 24.0 Å². The molecule has 326 valence electrons. The lowest BCUT2D eigenvalue weighted by molar-refractivity contribution is 0.0513. The van der Waals surface area contributed by atoms with Gasteiger partial charge in [-0.3, -0.25) is 4.68 Å². The molecule has 0 saturated carbocycles. The SMILES string of the molecule is C=CCOCc1c(-c2cccc3c(CCCOc4cccc5ccccc45)c(C(=O)OCC)n(CC=C)c23)c(COc2ccc(N3CCN(S(=O)(=O)N(C)C)CC3)cc2)nn1C. The Morgan fingerprint density at radius 3 is 2.32 bits per heavy atom. The maximum absolute atomic E-state index is 13.9. The predicted molar refractivity (Wildman–Crippen MR) is 245 cm³/mol. The molecule has 13 nitrogen and oxygen atoms in total. The first-order valence-corrected chi connectivity index (χ1v) is 22.4. The second kappa shape index (κ2) is 19.8. The molecular formula is C48H56N6O7S. The number of piperazine rings is 1. The van der Waals surface area contributed by atoms with Crippen LogP contribution in [0, 0.1) is 0 Å². The molecule has 0 radical (unpaired) electrons. The summed E-state index contributed by atoms with van der Waals surface area (Å²) in [6, 6.07) is 28.2. The second-order valence-corrected chi connectivity index (χ2v) is 17.4. The Labute approximate surface area is 364 Å². The highest BCUT2D eigenvalue weighted by Crippen LogP contribution is 2.39. The number of allylic oxidation sites excluding steroid dienone is 1. The third-order valence-electron chi connectivity index (χ3n) is 11.1. The Morgan fingerprint density at radius 1 is 0.871 bits per heavy atom. The van der Waals surface area contributed by atoms with Crippen LogP contribution in [0.2, 0.25) is 0 Å². The number of carbonyl (C=O) groups excluding carboxylic acids is 1. The molecule has 0 aliphatic carbocycles. The molecule has 0 atom stereocenters. The standard InChI is InChI=1S/C48H56N6O7S/c1-7-26-54-46-39(40(47(54)48(55)59-9-3)20-14-32-60-44-21-12-16-35-15-10-11-17-38(35)44)18-13-19-41(46)45-42(49-51(6)43(45)34-58-31-8-2)33-61-37-24-22-36(23-25-37)52-27-29-53(30-28-52)62(56,57)50(4)5/h7-8,10-13,15-19,21-25H,1-2,9,14,20,26-34H2,3-6H3. The summed E-state index contributed by atoms with van der Waals surface area (Å²) in [7, 11) is 1.55. The molecule has 1 saturated heterocycles. The number of nitrogens with zero attached hydrogens (tertiary/aromatic N) is 6. The minimum atomic E-state index is -3.45. The molecule has 7 rings (SSSR count). The van der Waals surface area contributed by atoms with Gasteiger partial charge < -0.3 is 28.4 Å². The summed E-state index contributed by atoms with van der Waals surface area (Å²) in [5.74, 6) is 1.09. The number of benzene rings is 4. The summed E-state index contributed by atoms with van der Waals surface area (Å²) in [4.78, 5) is 16.1. The van der Waals surface area contributed by atoms with E-state index < -0.39 is 16.2 Å². The Balaban J connectivity index is 1.20. The van der Waals surface area contributed by atoms with Gasteiger partial charge in [-0.15, -0.1) is 13.2 Å². The van der Waals surface area contributed by atoms with Gasteiger partial charge in [0.05, 0.1) is 37.6 Å². The first-order valence-electron chi connectivity index (χ1n) is 21.0. The summed E-state index contributed by atoms with van der Waals surface area (Å²) in [6.07, 6.45) is 4.74. The third kappa shape index (κ3) is 9.28. The van der Waals surface area contributed by atoms with Crippen LogP contribution in [0.5, 0.6) is 11.5 Å². The van der Waals surface area contributed by atoms with E-state index in [-0.39, 0.29) is 19.8 Å². The zero-order valence-electron chi connectivity index (χ0n) is 36.1. The van der Waals surface area contributed by atoms with Gasteiger partial charge in [-0.25, -0.2) is 4.79 Å². The Bertz CT molecular complexity index is 2640. The van der Waals surface area contributed by atoms with Crippen molar-refractivity contribution in [2.45, 2.75) is 39.5 Å². The molecule has 3 heterocycles. The summed E-state index contributed by atoms with van der Waals surface area (Å²) >= 11 is 0. The lowest BCUT2D eigenvalue weighted by Gasteiger charge is -2.36. The van der Waals surface area contributed by atoms with Crippen molar-refractivity contribution in [3.05, 3.63) is 133 Å². The molecule has 6 aromatic rings. The lowest BCUT2D eigenvalue weighted by Crippen LogP contribution is -2.51. The quantitative estimate of drug-likeness (QED) is 0.0431. The van der Waals surface area contributed by atoms with Gasteiger partial charge in [-0.1, -0.05) is 66.7 Å². The van der Waals surface area contributed by atoms with E-state index in [2.05, 4.69) is 48.4 Å². The number of esters is 1. The number of ether oxygens (including phenoxy) is 4. The number of fused-ring (bicyclic) bond motifs is 2. The number of hydrogen-bond acceptors (Lipinski definition) is 9. The number of anilines is 1. The molecule has 1 fully saturated rings. The van der Waals surface area contributed by atoms with Gasteiger partial charge >= 0.3 is 5.97 Å². The molecule has 0 amide bonds. The Kier molecular flexibility index (Phi) is 14.1. The van der Waals surface area contributed by atoms with Crippen molar-refractivity contribution in [2.24, 2.45) is 7.05 Å². The van der Waals surface area contributed by atoms with Crippen LogP contribution >= 0.6 is 0 Å². The van der Waals surface area contributed by atoms with Crippen LogP contribution in [0.1, 0.15) is 40.8 Å². The lowest BCUT2D eigenvalue weighted by atomic mass is 9.98. The van der Waals surface area contributed by atoms with Crippen molar-refractivity contribution in [3.63, 3.8) is 0 Å². The first-order chi connectivity index (χ1) is 30.1. The van der Waals surface area contributed by atoms with Gasteiger partial charge in [0.1, 0.15) is 29.5 Å². The van der Waals surface area contributed by atoms with Crippen LogP contribution in [-0.4, -0.2) is 97.4 Å². The molecule has 14 heteroatoms. The van der Waals surface area contributed by atoms with E-state index in [0.29, 0.717) is 75.9 Å². The van der Waals surface area contributed by atoms with Crippen LogP contribution in [0.25, 0.3) is 32.8 Å². The van der Waals surface area contributed by atoms with Gasteiger partial charge in [-0.05, 0) is 61.0 Å². The monoisotopic (exact) mass is 860 g/mol. The number of aromatic nitrogens is 3. The summed E-state index contributed by atoms with van der Waals surface area (Å²) < 4.78 is 56.4. The van der Waals surface area contributed by atoms with Gasteiger partial charge in [0, 0.05) is 81.5 Å². The molecule has 0 spiro atoms. The average molecular weight is 861 g/mol. The van der Waals surface area contributed by atoms with Crippen molar-refractivity contribution in [1.82, 2.24) is 23.0 Å². The number of para-hydroxylation sites is 1. The van der Waals surface area contributed by atoms with E-state index in [1.165, 1.54) is 8.61 Å². The molecular weight excluding hydrogens is 805 g/mol. The molecule has 1 aliphatic heterocycles. The second-order valence-electron chi connectivity index (χ2n) is 15.2. The van der Waals surface area contributed by atoms with Crippen LogP contribution in [0.15, 0.2) is 110 Å². The van der Waals surface area contributed by atoms with Gasteiger partial charge in [0.15, 0.2) is 0 Å². The van der Waals surface area contributed by atoms with E-state index >= 15 is 0 Å². The fourth-order valence-corrected chi connectivity index (χ4v) is 9.27. The molecule has 0 unspecified atom stereocenters. The fourth-order valence-electron chi connectivity index (χ4n) is 8.18. The van der Waals surface area contributed by atoms with Crippen molar-refractivity contribution in [1.29, 1.82) is 0 Å². The fraction of sp³-hybridized carbons (Fsp3) is 0.333. The summed E-state index contributed by atoms with van der Waals surface area (Å²) in [6.45, 7) is 13.5. The van der Waals surface area contributed by atoms with E-state index in [0.717, 1.165) is 55.5 Å². The average Bonchev–Trinajstić information content (AvgIpc) is 3.77. The number of carbonyl (C=O) groups is 1. The van der Waals surface area contributed by atoms with Gasteiger partial charge in [0.25, 0.3) is 10.2 Å². The normalized spacial score (nSPS) is 13.5. The van der Waals surface area contributed by atoms with Crippen molar-refractivity contribution >= 4 is 43.5 Å².